The molecule has 0 aromatic carbocycles. The van der Waals surface area contributed by atoms with Crippen molar-refractivity contribution in [2.45, 2.75) is 18.1 Å². The highest BCUT2D eigenvalue weighted by molar-refractivity contribution is 7.99. The molecule has 2 unspecified atom stereocenters. The monoisotopic (exact) mass is 216 g/mol. The van der Waals surface area contributed by atoms with E-state index in [9.17, 15) is 5.11 Å². The summed E-state index contributed by atoms with van der Waals surface area (Å²) < 4.78 is 3.99. The van der Waals surface area contributed by atoms with Gasteiger partial charge in [-0.25, -0.2) is 4.37 Å². The van der Waals surface area contributed by atoms with E-state index < -0.39 is 5.60 Å². The van der Waals surface area contributed by atoms with E-state index in [1.165, 1.54) is 11.5 Å². The maximum absolute atomic E-state index is 10.2. The third-order valence-corrected chi connectivity index (χ3v) is 4.40. The molecule has 1 fully saturated rings. The summed E-state index contributed by atoms with van der Waals surface area (Å²) in [6.07, 6.45) is 2.52. The normalized spacial score (nSPS) is 30.6. The molecule has 0 radical (unpaired) electrons. The van der Waals surface area contributed by atoms with Crippen LogP contribution in [0.4, 0.5) is 0 Å². The minimum atomic E-state index is -0.711. The van der Waals surface area contributed by atoms with E-state index in [1.807, 2.05) is 6.07 Å². The van der Waals surface area contributed by atoms with Gasteiger partial charge < -0.3 is 10.8 Å². The van der Waals surface area contributed by atoms with Crippen LogP contribution in [0, 0.1) is 0 Å². The lowest BCUT2D eigenvalue weighted by atomic mass is 9.93. The summed E-state index contributed by atoms with van der Waals surface area (Å²) in [6.45, 7) is 0. The first-order valence-electron chi connectivity index (χ1n) is 4.19. The molecule has 1 aliphatic rings. The van der Waals surface area contributed by atoms with Crippen LogP contribution < -0.4 is 5.73 Å². The number of nitrogens with zero attached hydrogens (tertiary/aromatic N) is 1. The highest BCUT2D eigenvalue weighted by Gasteiger charge is 2.39. The summed E-state index contributed by atoms with van der Waals surface area (Å²) in [5.41, 5.74) is 5.27. The van der Waals surface area contributed by atoms with Gasteiger partial charge in [-0.3, -0.25) is 0 Å². The molecule has 1 saturated heterocycles. The van der Waals surface area contributed by atoms with E-state index in [0.717, 1.165) is 22.8 Å². The molecule has 2 atom stereocenters. The van der Waals surface area contributed by atoms with Gasteiger partial charge in [0.25, 0.3) is 0 Å². The third kappa shape index (κ3) is 1.74. The first-order chi connectivity index (χ1) is 6.22. The highest BCUT2D eigenvalue weighted by atomic mass is 32.2. The van der Waals surface area contributed by atoms with Crippen molar-refractivity contribution in [1.82, 2.24) is 4.37 Å². The second kappa shape index (κ2) is 3.57. The van der Waals surface area contributed by atoms with Gasteiger partial charge in [0.15, 0.2) is 0 Å². The van der Waals surface area contributed by atoms with Crippen LogP contribution in [-0.2, 0) is 0 Å². The standard InChI is InChI=1S/C8H12N2OS2/c9-7(6-1-3-10-13-6)8(11)2-4-12-5-8/h1,3,7,11H,2,4-5,9H2. The fourth-order valence-corrected chi connectivity index (χ4v) is 3.48. The fourth-order valence-electron chi connectivity index (χ4n) is 1.47. The van der Waals surface area contributed by atoms with Gasteiger partial charge in [-0.2, -0.15) is 11.8 Å². The quantitative estimate of drug-likeness (QED) is 0.774. The van der Waals surface area contributed by atoms with Gasteiger partial charge in [0.2, 0.25) is 0 Å². The molecule has 0 amide bonds. The lowest BCUT2D eigenvalue weighted by Gasteiger charge is -2.27. The molecule has 5 heteroatoms. The molecule has 2 heterocycles. The highest BCUT2D eigenvalue weighted by Crippen LogP contribution is 2.37. The maximum atomic E-state index is 10.2. The Balaban J connectivity index is 2.16. The largest absolute Gasteiger partial charge is 0.387 e. The minimum absolute atomic E-state index is 0.269. The van der Waals surface area contributed by atoms with Crippen LogP contribution in [0.15, 0.2) is 12.3 Å². The Kier molecular flexibility index (Phi) is 2.60. The van der Waals surface area contributed by atoms with E-state index in [2.05, 4.69) is 4.37 Å². The van der Waals surface area contributed by atoms with Crippen LogP contribution in [0.2, 0.25) is 0 Å². The van der Waals surface area contributed by atoms with Gasteiger partial charge in [-0.1, -0.05) is 0 Å². The molecule has 0 saturated carbocycles. The van der Waals surface area contributed by atoms with E-state index in [-0.39, 0.29) is 6.04 Å². The minimum Gasteiger partial charge on any atom is -0.387 e. The van der Waals surface area contributed by atoms with Gasteiger partial charge in [-0.15, -0.1) is 0 Å². The molecular weight excluding hydrogens is 204 g/mol. The first-order valence-corrected chi connectivity index (χ1v) is 6.11. The van der Waals surface area contributed by atoms with Crippen molar-refractivity contribution in [3.8, 4) is 0 Å². The van der Waals surface area contributed by atoms with Crippen LogP contribution >= 0.6 is 23.3 Å². The summed E-state index contributed by atoms with van der Waals surface area (Å²) in [6, 6.07) is 1.62. The van der Waals surface area contributed by atoms with Crippen molar-refractivity contribution < 1.29 is 5.11 Å². The zero-order valence-corrected chi connectivity index (χ0v) is 8.77. The van der Waals surface area contributed by atoms with Crippen LogP contribution in [0.3, 0.4) is 0 Å². The number of aromatic nitrogens is 1. The number of thioether (sulfide) groups is 1. The van der Waals surface area contributed by atoms with E-state index in [4.69, 9.17) is 5.73 Å². The molecule has 0 aliphatic carbocycles. The summed E-state index contributed by atoms with van der Waals surface area (Å²) in [4.78, 5) is 0.977. The lowest BCUT2D eigenvalue weighted by molar-refractivity contribution is 0.0412. The molecule has 1 aromatic rings. The Labute approximate surface area is 85.5 Å². The molecule has 0 spiro atoms. The lowest BCUT2D eigenvalue weighted by Crippen LogP contribution is -2.40. The topological polar surface area (TPSA) is 59.1 Å². The molecule has 3 nitrogen and oxygen atoms in total. The fraction of sp³-hybridized carbons (Fsp3) is 0.625. The zero-order chi connectivity index (χ0) is 9.31. The molecule has 3 N–H and O–H groups in total. The first kappa shape index (κ1) is 9.45. The molecule has 13 heavy (non-hydrogen) atoms. The number of nitrogens with two attached hydrogens (primary N) is 1. The van der Waals surface area contributed by atoms with Gasteiger partial charge in [0.05, 0.1) is 11.6 Å². The van der Waals surface area contributed by atoms with Crippen LogP contribution in [-0.4, -0.2) is 26.6 Å². The average molecular weight is 216 g/mol. The number of hydrogen-bond donors (Lipinski definition) is 2. The Bertz CT molecular complexity index is 270. The van der Waals surface area contributed by atoms with Crippen LogP contribution in [0.1, 0.15) is 17.3 Å². The van der Waals surface area contributed by atoms with Crippen molar-refractivity contribution in [2.24, 2.45) is 5.73 Å². The number of aliphatic hydroxyl groups is 1. The summed E-state index contributed by atoms with van der Waals surface area (Å²) >= 11 is 3.13. The Hall–Kier alpha value is -0.100. The second-order valence-electron chi connectivity index (χ2n) is 3.30. The Morgan fingerprint density at radius 2 is 2.54 bits per heavy atom. The molecular formula is C8H12N2OS2. The van der Waals surface area contributed by atoms with Crippen molar-refractivity contribution in [3.05, 3.63) is 17.1 Å². The van der Waals surface area contributed by atoms with Gasteiger partial charge in [0, 0.05) is 16.8 Å². The van der Waals surface area contributed by atoms with E-state index in [0.29, 0.717) is 0 Å². The number of hydrogen-bond acceptors (Lipinski definition) is 5. The van der Waals surface area contributed by atoms with Crippen LogP contribution in [0.5, 0.6) is 0 Å². The summed E-state index contributed by atoms with van der Waals surface area (Å²) in [7, 11) is 0. The molecule has 1 aromatic heterocycles. The predicted octanol–water partition coefficient (Wildman–Crippen LogP) is 1.01. The van der Waals surface area contributed by atoms with Crippen molar-refractivity contribution in [1.29, 1.82) is 0 Å². The van der Waals surface area contributed by atoms with E-state index >= 15 is 0 Å². The van der Waals surface area contributed by atoms with Crippen LogP contribution in [0.25, 0.3) is 0 Å². The summed E-state index contributed by atoms with van der Waals surface area (Å²) in [5.74, 6) is 1.75. The Morgan fingerprint density at radius 1 is 1.69 bits per heavy atom. The number of rotatable bonds is 2. The predicted molar refractivity (Wildman–Crippen MR) is 55.9 cm³/mol. The molecule has 0 bridgehead atoms. The van der Waals surface area contributed by atoms with Crippen molar-refractivity contribution in [2.75, 3.05) is 11.5 Å². The zero-order valence-electron chi connectivity index (χ0n) is 7.14. The van der Waals surface area contributed by atoms with E-state index in [1.54, 1.807) is 18.0 Å². The van der Waals surface area contributed by atoms with Crippen molar-refractivity contribution in [3.63, 3.8) is 0 Å². The van der Waals surface area contributed by atoms with Gasteiger partial charge in [-0.05, 0) is 29.8 Å². The molecule has 2 rings (SSSR count). The van der Waals surface area contributed by atoms with Gasteiger partial charge >= 0.3 is 0 Å². The SMILES string of the molecule is NC(c1ccns1)C1(O)CCSC1. The van der Waals surface area contributed by atoms with Gasteiger partial charge in [0.1, 0.15) is 0 Å². The Morgan fingerprint density at radius 3 is 3.08 bits per heavy atom. The maximum Gasteiger partial charge on any atom is 0.0945 e. The molecule has 1 aliphatic heterocycles. The smallest absolute Gasteiger partial charge is 0.0945 e. The second-order valence-corrected chi connectivity index (χ2v) is 5.27. The molecule has 72 valence electrons. The third-order valence-electron chi connectivity index (χ3n) is 2.37. The average Bonchev–Trinajstić information content (AvgIpc) is 2.73. The van der Waals surface area contributed by atoms with Crippen molar-refractivity contribution >= 4 is 23.3 Å². The summed E-state index contributed by atoms with van der Waals surface area (Å²) in [5, 5.41) is 10.2.